The molecule has 16 heavy (non-hydrogen) atoms. The third-order valence-electron chi connectivity index (χ3n) is 1.84. The van der Waals surface area contributed by atoms with Crippen molar-refractivity contribution in [1.82, 2.24) is 4.72 Å². The van der Waals surface area contributed by atoms with E-state index in [2.05, 4.69) is 20.7 Å². The van der Waals surface area contributed by atoms with E-state index in [-0.39, 0.29) is 29.9 Å². The molecule has 0 aliphatic rings. The molecule has 1 aromatic rings. The lowest BCUT2D eigenvalue weighted by molar-refractivity contribution is 0.562. The maximum absolute atomic E-state index is 11.8. The standard InChI is InChI=1S/C9H13BrN2O2S.ClH/c1-7(6-11)12-15(13,14)9-5-3-2-4-8(9)10;/h2-5,7,12H,6,11H2,1H3;1H/t7-;/m0./s1. The first-order chi connectivity index (χ1) is 6.97. The Morgan fingerprint density at radius 1 is 1.44 bits per heavy atom. The van der Waals surface area contributed by atoms with Gasteiger partial charge in [-0.3, -0.25) is 0 Å². The second-order valence-electron chi connectivity index (χ2n) is 3.19. The van der Waals surface area contributed by atoms with Crippen molar-refractivity contribution in [1.29, 1.82) is 0 Å². The summed E-state index contributed by atoms with van der Waals surface area (Å²) in [5.74, 6) is 0. The topological polar surface area (TPSA) is 72.2 Å². The van der Waals surface area contributed by atoms with Crippen LogP contribution in [0.2, 0.25) is 0 Å². The van der Waals surface area contributed by atoms with Crippen LogP contribution in [-0.2, 0) is 10.0 Å². The molecule has 7 heteroatoms. The highest BCUT2D eigenvalue weighted by Gasteiger charge is 2.18. The molecule has 0 saturated heterocycles. The molecule has 0 aliphatic heterocycles. The fraction of sp³-hybridized carbons (Fsp3) is 0.333. The van der Waals surface area contributed by atoms with Crippen molar-refractivity contribution in [2.75, 3.05) is 6.54 Å². The number of benzene rings is 1. The third-order valence-corrected chi connectivity index (χ3v) is 4.44. The van der Waals surface area contributed by atoms with Gasteiger partial charge in [0, 0.05) is 17.1 Å². The second-order valence-corrected chi connectivity index (χ2v) is 5.73. The minimum absolute atomic E-state index is 0. The van der Waals surface area contributed by atoms with E-state index in [1.807, 2.05) is 0 Å². The van der Waals surface area contributed by atoms with Gasteiger partial charge in [-0.1, -0.05) is 12.1 Å². The van der Waals surface area contributed by atoms with Crippen molar-refractivity contribution in [3.05, 3.63) is 28.7 Å². The highest BCUT2D eigenvalue weighted by Crippen LogP contribution is 2.20. The van der Waals surface area contributed by atoms with Crippen LogP contribution in [0.4, 0.5) is 0 Å². The lowest BCUT2D eigenvalue weighted by Crippen LogP contribution is -2.37. The second kappa shape index (κ2) is 6.56. The summed E-state index contributed by atoms with van der Waals surface area (Å²) in [7, 11) is -3.48. The van der Waals surface area contributed by atoms with E-state index in [9.17, 15) is 8.42 Å². The van der Waals surface area contributed by atoms with Crippen LogP contribution < -0.4 is 10.5 Å². The Morgan fingerprint density at radius 3 is 2.50 bits per heavy atom. The van der Waals surface area contributed by atoms with Crippen LogP contribution in [0.5, 0.6) is 0 Å². The van der Waals surface area contributed by atoms with E-state index in [1.165, 1.54) is 6.07 Å². The van der Waals surface area contributed by atoms with E-state index in [4.69, 9.17) is 5.73 Å². The Balaban J connectivity index is 0.00000225. The summed E-state index contributed by atoms with van der Waals surface area (Å²) in [4.78, 5) is 0.227. The van der Waals surface area contributed by atoms with E-state index in [0.717, 1.165) is 0 Å². The van der Waals surface area contributed by atoms with Crippen LogP contribution in [0.25, 0.3) is 0 Å². The zero-order valence-electron chi connectivity index (χ0n) is 8.68. The molecule has 0 aliphatic carbocycles. The Morgan fingerprint density at radius 2 is 2.00 bits per heavy atom. The molecule has 1 aromatic carbocycles. The maximum atomic E-state index is 11.8. The number of rotatable bonds is 4. The average molecular weight is 330 g/mol. The predicted octanol–water partition coefficient (Wildman–Crippen LogP) is 1.50. The zero-order chi connectivity index (χ0) is 11.5. The normalized spacial score (nSPS) is 12.9. The van der Waals surface area contributed by atoms with E-state index >= 15 is 0 Å². The summed E-state index contributed by atoms with van der Waals surface area (Å²) in [6.07, 6.45) is 0. The summed E-state index contributed by atoms with van der Waals surface area (Å²) in [5.41, 5.74) is 5.36. The molecule has 1 atom stereocenters. The van der Waals surface area contributed by atoms with Crippen molar-refractivity contribution < 1.29 is 8.42 Å². The minimum Gasteiger partial charge on any atom is -0.329 e. The van der Waals surface area contributed by atoms with Gasteiger partial charge in [0.25, 0.3) is 0 Å². The third kappa shape index (κ3) is 4.03. The summed E-state index contributed by atoms with van der Waals surface area (Å²) in [6, 6.07) is 6.38. The largest absolute Gasteiger partial charge is 0.329 e. The fourth-order valence-electron chi connectivity index (χ4n) is 1.04. The molecule has 0 fully saturated rings. The van der Waals surface area contributed by atoms with Crippen LogP contribution in [0.15, 0.2) is 33.6 Å². The molecule has 0 aromatic heterocycles. The highest BCUT2D eigenvalue weighted by molar-refractivity contribution is 9.10. The first-order valence-corrected chi connectivity index (χ1v) is 6.72. The van der Waals surface area contributed by atoms with Gasteiger partial charge in [0.1, 0.15) is 0 Å². The summed E-state index contributed by atoms with van der Waals surface area (Å²) < 4.78 is 26.7. The number of nitrogens with two attached hydrogens (primary N) is 1. The molecule has 0 bridgehead atoms. The molecule has 0 saturated carbocycles. The monoisotopic (exact) mass is 328 g/mol. The molecule has 3 N–H and O–H groups in total. The lowest BCUT2D eigenvalue weighted by atomic mass is 10.4. The Labute approximate surface area is 110 Å². The van der Waals surface area contributed by atoms with Gasteiger partial charge in [-0.15, -0.1) is 12.4 Å². The molecular weight excluding hydrogens is 316 g/mol. The van der Waals surface area contributed by atoms with Crippen LogP contribution in [0.3, 0.4) is 0 Å². The number of nitrogens with one attached hydrogen (secondary N) is 1. The lowest BCUT2D eigenvalue weighted by Gasteiger charge is -2.12. The Bertz CT molecular complexity index is 439. The Kier molecular flexibility index (Phi) is 6.50. The first-order valence-electron chi connectivity index (χ1n) is 4.44. The van der Waals surface area contributed by atoms with E-state index in [1.54, 1.807) is 25.1 Å². The Hall–Kier alpha value is -0.140. The number of sulfonamides is 1. The maximum Gasteiger partial charge on any atom is 0.241 e. The van der Waals surface area contributed by atoms with Crippen molar-refractivity contribution in [2.45, 2.75) is 17.9 Å². The van der Waals surface area contributed by atoms with Crippen LogP contribution in [0, 0.1) is 0 Å². The highest BCUT2D eigenvalue weighted by atomic mass is 79.9. The smallest absolute Gasteiger partial charge is 0.241 e. The van der Waals surface area contributed by atoms with Gasteiger partial charge < -0.3 is 5.73 Å². The summed E-state index contributed by atoms with van der Waals surface area (Å²) in [5, 5.41) is 0. The van der Waals surface area contributed by atoms with Gasteiger partial charge in [-0.25, -0.2) is 13.1 Å². The molecule has 0 heterocycles. The SMILES string of the molecule is C[C@@H](CN)NS(=O)(=O)c1ccccc1Br.Cl. The van der Waals surface area contributed by atoms with Crippen LogP contribution >= 0.6 is 28.3 Å². The quantitative estimate of drug-likeness (QED) is 0.879. The van der Waals surface area contributed by atoms with Crippen molar-refractivity contribution in [3.63, 3.8) is 0 Å². The average Bonchev–Trinajstić information content (AvgIpc) is 2.17. The molecule has 0 spiro atoms. The van der Waals surface area contributed by atoms with Gasteiger partial charge >= 0.3 is 0 Å². The zero-order valence-corrected chi connectivity index (χ0v) is 11.9. The molecule has 92 valence electrons. The number of hydrogen-bond acceptors (Lipinski definition) is 3. The fourth-order valence-corrected chi connectivity index (χ4v) is 3.30. The van der Waals surface area contributed by atoms with Crippen LogP contribution in [-0.4, -0.2) is 21.0 Å². The van der Waals surface area contributed by atoms with E-state index < -0.39 is 10.0 Å². The van der Waals surface area contributed by atoms with Gasteiger partial charge in [0.05, 0.1) is 4.90 Å². The molecular formula is C9H14BrClN2O2S. The van der Waals surface area contributed by atoms with Crippen molar-refractivity contribution in [2.24, 2.45) is 5.73 Å². The number of hydrogen-bond donors (Lipinski definition) is 2. The predicted molar refractivity (Wildman–Crippen MR) is 70.2 cm³/mol. The minimum atomic E-state index is -3.48. The van der Waals surface area contributed by atoms with E-state index in [0.29, 0.717) is 4.47 Å². The van der Waals surface area contributed by atoms with Crippen molar-refractivity contribution >= 4 is 38.4 Å². The summed E-state index contributed by atoms with van der Waals surface area (Å²) in [6.45, 7) is 1.98. The van der Waals surface area contributed by atoms with Crippen LogP contribution in [0.1, 0.15) is 6.92 Å². The van der Waals surface area contributed by atoms with Gasteiger partial charge in [-0.2, -0.15) is 0 Å². The molecule has 1 rings (SSSR count). The van der Waals surface area contributed by atoms with Gasteiger partial charge in [0.15, 0.2) is 0 Å². The van der Waals surface area contributed by atoms with Gasteiger partial charge in [-0.05, 0) is 35.0 Å². The molecule has 0 amide bonds. The van der Waals surface area contributed by atoms with Gasteiger partial charge in [0.2, 0.25) is 10.0 Å². The summed E-state index contributed by atoms with van der Waals surface area (Å²) >= 11 is 3.19. The first kappa shape index (κ1) is 15.9. The number of halogens is 2. The molecule has 0 radical (unpaired) electrons. The molecule has 4 nitrogen and oxygen atoms in total. The van der Waals surface area contributed by atoms with Crippen molar-refractivity contribution in [3.8, 4) is 0 Å². The molecule has 0 unspecified atom stereocenters.